The quantitative estimate of drug-likeness (QED) is 0.545. The molecular formula is C9H21N. The summed E-state index contributed by atoms with van der Waals surface area (Å²) in [5.41, 5.74) is 0. The van der Waals surface area contributed by atoms with Gasteiger partial charge in [-0.05, 0) is 39.8 Å². The van der Waals surface area contributed by atoms with Crippen molar-refractivity contribution in [3.63, 3.8) is 0 Å². The van der Waals surface area contributed by atoms with E-state index in [9.17, 15) is 0 Å². The van der Waals surface area contributed by atoms with Gasteiger partial charge in [0.1, 0.15) is 0 Å². The Kier molecular flexibility index (Phi) is 5.70. The van der Waals surface area contributed by atoms with Crippen molar-refractivity contribution < 1.29 is 0 Å². The normalized spacial score (nSPS) is 18.9. The minimum atomic E-state index is 0.775. The van der Waals surface area contributed by atoms with Crippen LogP contribution in [-0.2, 0) is 0 Å². The molecule has 0 aromatic heterocycles. The molecule has 1 rings (SSSR count). The lowest BCUT2D eigenvalue weighted by Crippen LogP contribution is -2.26. The van der Waals surface area contributed by atoms with Crippen LogP contribution in [0.3, 0.4) is 0 Å². The van der Waals surface area contributed by atoms with E-state index in [-0.39, 0.29) is 0 Å². The third-order valence-corrected chi connectivity index (χ3v) is 1.87. The van der Waals surface area contributed by atoms with Crippen molar-refractivity contribution in [1.82, 2.24) is 4.90 Å². The second kappa shape index (κ2) is 5.72. The van der Waals surface area contributed by atoms with Crippen LogP contribution in [0.4, 0.5) is 0 Å². The zero-order valence-electron chi connectivity index (χ0n) is 7.85. The van der Waals surface area contributed by atoms with Crippen LogP contribution in [0.15, 0.2) is 0 Å². The second-order valence-corrected chi connectivity index (χ2v) is 2.84. The van der Waals surface area contributed by atoms with Gasteiger partial charge in [-0.3, -0.25) is 0 Å². The molecule has 0 spiro atoms. The lowest BCUT2D eigenvalue weighted by atomic mass is 10.3. The molecule has 0 aromatic rings. The summed E-state index contributed by atoms with van der Waals surface area (Å²) >= 11 is 0. The smallest absolute Gasteiger partial charge is 0.00385 e. The summed E-state index contributed by atoms with van der Waals surface area (Å²) in [5, 5.41) is 0. The number of nitrogens with zero attached hydrogens (tertiary/aromatic N) is 1. The first kappa shape index (κ1) is 9.96. The molecular weight excluding hydrogens is 122 g/mol. The Balaban J connectivity index is 0.000000371. The maximum atomic E-state index is 2.53. The minimum Gasteiger partial charge on any atom is -0.301 e. The average molecular weight is 143 g/mol. The predicted molar refractivity (Wildman–Crippen MR) is 47.3 cm³/mol. The van der Waals surface area contributed by atoms with Crippen LogP contribution in [0.25, 0.3) is 0 Å². The Morgan fingerprint density at radius 1 is 1.00 bits per heavy atom. The Bertz CT molecular complexity index is 63.1. The van der Waals surface area contributed by atoms with Crippen LogP contribution in [0.5, 0.6) is 0 Å². The van der Waals surface area contributed by atoms with Crippen molar-refractivity contribution in [1.29, 1.82) is 0 Å². The van der Waals surface area contributed by atoms with Crippen molar-refractivity contribution in [2.24, 2.45) is 0 Å². The summed E-state index contributed by atoms with van der Waals surface area (Å²) in [6.45, 7) is 11.2. The SMILES string of the molecule is CC.CC(C)N1CCCC1. The molecule has 1 heteroatoms. The van der Waals surface area contributed by atoms with Gasteiger partial charge in [0.25, 0.3) is 0 Å². The van der Waals surface area contributed by atoms with Crippen LogP contribution >= 0.6 is 0 Å². The van der Waals surface area contributed by atoms with E-state index < -0.39 is 0 Å². The highest BCUT2D eigenvalue weighted by Gasteiger charge is 2.13. The van der Waals surface area contributed by atoms with Crippen molar-refractivity contribution in [2.75, 3.05) is 13.1 Å². The minimum absolute atomic E-state index is 0.775. The fourth-order valence-corrected chi connectivity index (χ4v) is 1.26. The van der Waals surface area contributed by atoms with E-state index in [1.807, 2.05) is 13.8 Å². The van der Waals surface area contributed by atoms with Gasteiger partial charge in [0.15, 0.2) is 0 Å². The molecule has 0 amide bonds. The van der Waals surface area contributed by atoms with Gasteiger partial charge in [0.05, 0.1) is 0 Å². The molecule has 0 unspecified atom stereocenters. The van der Waals surface area contributed by atoms with Gasteiger partial charge in [-0.15, -0.1) is 0 Å². The number of rotatable bonds is 1. The fourth-order valence-electron chi connectivity index (χ4n) is 1.26. The third kappa shape index (κ3) is 3.21. The second-order valence-electron chi connectivity index (χ2n) is 2.84. The molecule has 62 valence electrons. The lowest BCUT2D eigenvalue weighted by Gasteiger charge is -2.18. The van der Waals surface area contributed by atoms with Gasteiger partial charge in [0.2, 0.25) is 0 Å². The van der Waals surface area contributed by atoms with E-state index in [2.05, 4.69) is 18.7 Å². The van der Waals surface area contributed by atoms with Crippen LogP contribution in [0.2, 0.25) is 0 Å². The first-order chi connectivity index (χ1) is 4.80. The van der Waals surface area contributed by atoms with Crippen LogP contribution in [0, 0.1) is 0 Å². The summed E-state index contributed by atoms with van der Waals surface area (Å²) in [5.74, 6) is 0. The summed E-state index contributed by atoms with van der Waals surface area (Å²) in [6.07, 6.45) is 2.83. The van der Waals surface area contributed by atoms with E-state index in [4.69, 9.17) is 0 Å². The predicted octanol–water partition coefficient (Wildman–Crippen LogP) is 2.52. The van der Waals surface area contributed by atoms with Crippen LogP contribution in [0.1, 0.15) is 40.5 Å². The topological polar surface area (TPSA) is 3.24 Å². The Morgan fingerprint density at radius 2 is 1.40 bits per heavy atom. The largest absolute Gasteiger partial charge is 0.301 e. The standard InChI is InChI=1S/C7H15N.C2H6/c1-7(2)8-5-3-4-6-8;1-2/h7H,3-6H2,1-2H3;1-2H3. The first-order valence-corrected chi connectivity index (χ1v) is 4.55. The maximum absolute atomic E-state index is 2.53. The summed E-state index contributed by atoms with van der Waals surface area (Å²) in [7, 11) is 0. The Morgan fingerprint density at radius 3 is 1.60 bits per heavy atom. The molecule has 0 aromatic carbocycles. The first-order valence-electron chi connectivity index (χ1n) is 4.55. The summed E-state index contributed by atoms with van der Waals surface area (Å²) in [6, 6.07) is 0.775. The molecule has 1 saturated heterocycles. The van der Waals surface area contributed by atoms with E-state index in [1.165, 1.54) is 25.9 Å². The third-order valence-electron chi connectivity index (χ3n) is 1.87. The van der Waals surface area contributed by atoms with Crippen molar-refractivity contribution in [2.45, 2.75) is 46.6 Å². The lowest BCUT2D eigenvalue weighted by molar-refractivity contribution is 0.276. The maximum Gasteiger partial charge on any atom is 0.00385 e. The number of hydrogen-bond acceptors (Lipinski definition) is 1. The number of likely N-dealkylation sites (tertiary alicyclic amines) is 1. The zero-order valence-corrected chi connectivity index (χ0v) is 7.85. The van der Waals surface area contributed by atoms with Crippen molar-refractivity contribution in [3.8, 4) is 0 Å². The molecule has 0 bridgehead atoms. The molecule has 0 N–H and O–H groups in total. The van der Waals surface area contributed by atoms with Crippen molar-refractivity contribution >= 4 is 0 Å². The number of hydrogen-bond donors (Lipinski definition) is 0. The summed E-state index contributed by atoms with van der Waals surface area (Å²) in [4.78, 5) is 2.53. The highest BCUT2D eigenvalue weighted by molar-refractivity contribution is 4.68. The van der Waals surface area contributed by atoms with Crippen molar-refractivity contribution in [3.05, 3.63) is 0 Å². The van der Waals surface area contributed by atoms with E-state index >= 15 is 0 Å². The van der Waals surface area contributed by atoms with Gasteiger partial charge in [-0.2, -0.15) is 0 Å². The molecule has 10 heavy (non-hydrogen) atoms. The highest BCUT2D eigenvalue weighted by atomic mass is 15.2. The van der Waals surface area contributed by atoms with E-state index in [1.54, 1.807) is 0 Å². The van der Waals surface area contributed by atoms with Gasteiger partial charge < -0.3 is 4.90 Å². The summed E-state index contributed by atoms with van der Waals surface area (Å²) < 4.78 is 0. The molecule has 0 aliphatic carbocycles. The molecule has 1 heterocycles. The van der Waals surface area contributed by atoms with Crippen LogP contribution < -0.4 is 0 Å². The molecule has 0 atom stereocenters. The highest BCUT2D eigenvalue weighted by Crippen LogP contribution is 2.09. The Hall–Kier alpha value is -0.0400. The molecule has 1 aliphatic rings. The van der Waals surface area contributed by atoms with E-state index in [0.29, 0.717) is 0 Å². The van der Waals surface area contributed by atoms with E-state index in [0.717, 1.165) is 6.04 Å². The zero-order chi connectivity index (χ0) is 7.98. The molecule has 1 aliphatic heterocycles. The molecule has 0 saturated carbocycles. The molecule has 0 radical (unpaired) electrons. The van der Waals surface area contributed by atoms with Gasteiger partial charge in [-0.1, -0.05) is 13.8 Å². The van der Waals surface area contributed by atoms with Gasteiger partial charge >= 0.3 is 0 Å². The fraction of sp³-hybridized carbons (Fsp3) is 1.00. The molecule has 1 fully saturated rings. The monoisotopic (exact) mass is 143 g/mol. The molecule has 1 nitrogen and oxygen atoms in total. The van der Waals surface area contributed by atoms with Gasteiger partial charge in [-0.25, -0.2) is 0 Å². The Labute approximate surface area is 65.4 Å². The average Bonchev–Trinajstić information content (AvgIpc) is 2.42. The van der Waals surface area contributed by atoms with Crippen LogP contribution in [-0.4, -0.2) is 24.0 Å². The van der Waals surface area contributed by atoms with Gasteiger partial charge in [0, 0.05) is 6.04 Å².